The topological polar surface area (TPSA) is 313 Å². The molecule has 0 saturated heterocycles. The van der Waals surface area contributed by atoms with E-state index in [1.165, 1.54) is 30.5 Å². The molecule has 358 valence electrons. The number of primary amides is 1. The Balaban J connectivity index is 0.000000162. The van der Waals surface area contributed by atoms with Gasteiger partial charge in [-0.1, -0.05) is 37.1 Å². The molecule has 1 fully saturated rings. The fourth-order valence-corrected chi connectivity index (χ4v) is 6.61. The van der Waals surface area contributed by atoms with E-state index in [2.05, 4.69) is 45.5 Å². The van der Waals surface area contributed by atoms with Crippen LogP contribution in [0.5, 0.6) is 0 Å². The Morgan fingerprint density at radius 2 is 1.30 bits per heavy atom. The Morgan fingerprint density at radius 1 is 0.729 bits per heavy atom. The number of carbonyl (C=O) groups excluding carboxylic acids is 1. The van der Waals surface area contributed by atoms with Gasteiger partial charge in [-0.05, 0) is 61.4 Å². The van der Waals surface area contributed by atoms with Crippen molar-refractivity contribution < 1.29 is 19.0 Å². The van der Waals surface area contributed by atoms with Crippen LogP contribution >= 0.6 is 0 Å². The van der Waals surface area contributed by atoms with Gasteiger partial charge in [0.15, 0.2) is 0 Å². The van der Waals surface area contributed by atoms with Gasteiger partial charge in [0.1, 0.15) is 17.2 Å². The number of nitro benzene ring substituents is 2. The predicted molar refractivity (Wildman–Crippen MR) is 261 cm³/mol. The van der Waals surface area contributed by atoms with Crippen molar-refractivity contribution in [2.24, 2.45) is 11.5 Å². The number of carbonyl (C=O) groups is 1. The Labute approximate surface area is 399 Å². The maximum Gasteiger partial charge on any atom is 0.272 e. The number of nitrogens with two attached hydrogens (primary N) is 3. The van der Waals surface area contributed by atoms with Crippen molar-refractivity contribution in [3.8, 4) is 17.1 Å². The molecule has 0 aliphatic heterocycles. The van der Waals surface area contributed by atoms with E-state index in [1.54, 1.807) is 79.2 Å². The first-order chi connectivity index (χ1) is 33.9. The zero-order chi connectivity index (χ0) is 49.7. The average molecular weight is 950 g/mol. The summed E-state index contributed by atoms with van der Waals surface area (Å²) in [6.07, 6.45) is 26.3. The summed E-state index contributed by atoms with van der Waals surface area (Å²) >= 11 is 0. The van der Waals surface area contributed by atoms with Crippen molar-refractivity contribution in [1.82, 2.24) is 48.6 Å². The van der Waals surface area contributed by atoms with E-state index >= 15 is 0 Å². The third-order valence-electron chi connectivity index (χ3n) is 10.0. The SMILES string of the molecule is NC(=O)c1cnc(N[C@@H]2CCCC[C@@H]2N)nc1Nc1cccc(-n2ccnc2)c1.Nc1cccc(-n2ccnc2)c1.O=[N+]([O-])c1cccc(-n2ccnc2)c1.O=[N+]([O-])c1cccc(F)c1.c1c[nH]cn1. The van der Waals surface area contributed by atoms with Crippen molar-refractivity contribution in [3.63, 3.8) is 0 Å². The lowest BCUT2D eigenvalue weighted by Gasteiger charge is -2.29. The minimum atomic E-state index is -0.636. The summed E-state index contributed by atoms with van der Waals surface area (Å²) in [6, 6.07) is 26.5. The highest BCUT2D eigenvalue weighted by molar-refractivity contribution is 5.98. The molecule has 0 radical (unpaired) electrons. The summed E-state index contributed by atoms with van der Waals surface area (Å²) in [5, 5.41) is 27.0. The molecule has 70 heavy (non-hydrogen) atoms. The molecule has 23 heteroatoms. The van der Waals surface area contributed by atoms with Crippen LogP contribution in [0.2, 0.25) is 0 Å². The number of non-ortho nitro benzene ring substituents is 2. The number of imidazole rings is 4. The van der Waals surface area contributed by atoms with Crippen molar-refractivity contribution in [1.29, 1.82) is 0 Å². The number of H-pyrrole nitrogens is 1. The number of aromatic amines is 1. The van der Waals surface area contributed by atoms with Crippen molar-refractivity contribution >= 4 is 40.4 Å². The number of anilines is 4. The van der Waals surface area contributed by atoms with Crippen molar-refractivity contribution in [2.45, 2.75) is 37.8 Å². The Hall–Kier alpha value is -9.64. The molecule has 2 atom stereocenters. The van der Waals surface area contributed by atoms with E-state index in [9.17, 15) is 29.4 Å². The number of nitro groups is 2. The predicted octanol–water partition coefficient (Wildman–Crippen LogP) is 7.57. The van der Waals surface area contributed by atoms with Crippen LogP contribution in [-0.4, -0.2) is 76.4 Å². The van der Waals surface area contributed by atoms with Crippen LogP contribution in [0.3, 0.4) is 0 Å². The minimum absolute atomic E-state index is 0.0615. The summed E-state index contributed by atoms with van der Waals surface area (Å²) in [5.74, 6) is -0.416. The van der Waals surface area contributed by atoms with E-state index in [0.29, 0.717) is 11.8 Å². The number of aromatic nitrogens is 10. The number of hydrogen-bond acceptors (Lipinski definition) is 15. The maximum atomic E-state index is 12.2. The van der Waals surface area contributed by atoms with Gasteiger partial charge in [0.25, 0.3) is 17.3 Å². The molecule has 0 bridgehead atoms. The third kappa shape index (κ3) is 15.2. The lowest BCUT2D eigenvalue weighted by molar-refractivity contribution is -0.385. The molecule has 22 nitrogen and oxygen atoms in total. The van der Waals surface area contributed by atoms with Crippen LogP contribution in [0.15, 0.2) is 178 Å². The van der Waals surface area contributed by atoms with Gasteiger partial charge in [0, 0.05) is 109 Å². The molecule has 4 aromatic carbocycles. The zero-order valence-electron chi connectivity index (χ0n) is 37.3. The quantitative estimate of drug-likeness (QED) is 0.0437. The number of amides is 1. The summed E-state index contributed by atoms with van der Waals surface area (Å²) < 4.78 is 17.7. The first-order valence-corrected chi connectivity index (χ1v) is 21.4. The molecule has 1 aliphatic carbocycles. The highest BCUT2D eigenvalue weighted by Gasteiger charge is 2.23. The van der Waals surface area contributed by atoms with Gasteiger partial charge < -0.3 is 46.5 Å². The van der Waals surface area contributed by atoms with E-state index < -0.39 is 21.6 Å². The normalized spacial score (nSPS) is 13.5. The monoisotopic (exact) mass is 949 g/mol. The van der Waals surface area contributed by atoms with Gasteiger partial charge in [-0.3, -0.25) is 25.0 Å². The smallest absolute Gasteiger partial charge is 0.272 e. The Kier molecular flexibility index (Phi) is 18.0. The second-order valence-electron chi connectivity index (χ2n) is 15.0. The summed E-state index contributed by atoms with van der Waals surface area (Å²) in [5.41, 5.74) is 21.7. The van der Waals surface area contributed by atoms with Crippen molar-refractivity contribution in [3.05, 3.63) is 210 Å². The maximum absolute atomic E-state index is 12.2. The van der Waals surface area contributed by atoms with Crippen LogP contribution in [0.25, 0.3) is 17.1 Å². The molecule has 0 spiro atoms. The van der Waals surface area contributed by atoms with E-state index in [0.717, 1.165) is 66.3 Å². The molecule has 9 aromatic rings. The fourth-order valence-electron chi connectivity index (χ4n) is 6.61. The van der Waals surface area contributed by atoms with E-state index in [-0.39, 0.29) is 29.0 Å². The number of halogens is 1. The van der Waals surface area contributed by atoms with Crippen LogP contribution < -0.4 is 27.8 Å². The van der Waals surface area contributed by atoms with Gasteiger partial charge in [0.2, 0.25) is 5.95 Å². The molecule has 1 aliphatic rings. The van der Waals surface area contributed by atoms with Gasteiger partial charge in [-0.25, -0.2) is 29.3 Å². The number of nitrogens with zero attached hydrogens (tertiary/aromatic N) is 11. The number of benzene rings is 4. The summed E-state index contributed by atoms with van der Waals surface area (Å²) in [7, 11) is 0. The minimum Gasteiger partial charge on any atom is -0.399 e. The molecule has 1 saturated carbocycles. The zero-order valence-corrected chi connectivity index (χ0v) is 37.3. The van der Waals surface area contributed by atoms with Crippen LogP contribution in [-0.2, 0) is 0 Å². The standard InChI is InChI=1S/C20H24N8O.C9H7N3O2.C9H9N3.C6H4FNO2.C3H4N2/c21-16-6-1-2-7-17(16)26-20-24-11-15(18(22)29)19(27-20)25-13-4-3-5-14(10-13)28-9-8-23-12-28;13-12(14)9-3-1-2-8(6-9)11-5-4-10-7-11;10-8-2-1-3-9(6-8)12-5-4-11-7-12;7-5-2-1-3-6(4-5)8(9)10;1-2-5-3-4-1/h3-5,8-12,16-17H,1-2,6-7,21H2,(H2,22,29)(H2,24,25,26,27);1-7H;1-7H,10H2;1-4H;1-3H,(H,4,5)/t16-,17+;;;;/m0..../s1. The first kappa shape index (κ1) is 49.8. The molecular formula is C47H48FN17O5. The lowest BCUT2D eigenvalue weighted by atomic mass is 9.91. The number of nitrogen functional groups attached to an aromatic ring is 1. The molecule has 0 unspecified atom stereocenters. The van der Waals surface area contributed by atoms with E-state index in [4.69, 9.17) is 17.2 Å². The average Bonchev–Trinajstić information content (AvgIpc) is 4.23. The van der Waals surface area contributed by atoms with Crippen LogP contribution in [0.1, 0.15) is 36.0 Å². The summed E-state index contributed by atoms with van der Waals surface area (Å²) in [6.45, 7) is 0. The van der Waals surface area contributed by atoms with Gasteiger partial charge in [0.05, 0.1) is 46.9 Å². The number of rotatable bonds is 10. The van der Waals surface area contributed by atoms with E-state index in [1.807, 2.05) is 70.1 Å². The highest BCUT2D eigenvalue weighted by Crippen LogP contribution is 2.24. The molecular weight excluding hydrogens is 902 g/mol. The van der Waals surface area contributed by atoms with Gasteiger partial charge >= 0.3 is 0 Å². The number of hydrogen-bond donors (Lipinski definition) is 6. The Morgan fingerprint density at radius 3 is 1.80 bits per heavy atom. The lowest BCUT2D eigenvalue weighted by Crippen LogP contribution is -2.43. The molecule has 9 N–H and O–H groups in total. The van der Waals surface area contributed by atoms with Gasteiger partial charge in [-0.2, -0.15) is 4.98 Å². The number of nitrogens with one attached hydrogen (secondary N) is 3. The molecule has 5 aromatic heterocycles. The molecule has 5 heterocycles. The first-order valence-electron chi connectivity index (χ1n) is 21.4. The van der Waals surface area contributed by atoms with Crippen molar-refractivity contribution in [2.75, 3.05) is 16.4 Å². The van der Waals surface area contributed by atoms with Crippen LogP contribution in [0.4, 0.5) is 38.9 Å². The summed E-state index contributed by atoms with van der Waals surface area (Å²) in [4.78, 5) is 58.4. The van der Waals surface area contributed by atoms with Gasteiger partial charge in [-0.15, -0.1) is 0 Å². The molecule has 10 rings (SSSR count). The van der Waals surface area contributed by atoms with Crippen LogP contribution in [0, 0.1) is 26.0 Å². The second-order valence-corrected chi connectivity index (χ2v) is 15.0. The third-order valence-corrected chi connectivity index (χ3v) is 10.0. The fraction of sp³-hybridized carbons (Fsp3) is 0.128. The molecule has 1 amide bonds. The second kappa shape index (κ2) is 25.3. The Bertz CT molecular complexity index is 2990. The largest absolute Gasteiger partial charge is 0.399 e. The highest BCUT2D eigenvalue weighted by atomic mass is 19.1.